The molecule has 1 heterocycles. The van der Waals surface area contributed by atoms with Crippen molar-refractivity contribution in [2.75, 3.05) is 6.54 Å². The number of carbonyl (C=O) groups is 2. The summed E-state index contributed by atoms with van der Waals surface area (Å²) in [5.41, 5.74) is 2.02. The van der Waals surface area contributed by atoms with Crippen LogP contribution in [0.4, 0.5) is 4.79 Å². The van der Waals surface area contributed by atoms with Crippen LogP contribution in [-0.2, 0) is 4.79 Å². The predicted octanol–water partition coefficient (Wildman–Crippen LogP) is 2.87. The highest BCUT2D eigenvalue weighted by Crippen LogP contribution is 2.26. The standard InChI is InChI=1S/C16H19N3O2S/c1-4-17-16(21)19-15(20)11(3)22-14-9-10(2)12-7-5-6-8-13(12)18-14/h5-9,11H,4H2,1-3H3,(H2,17,19,20,21). The number of fused-ring (bicyclic) bond motifs is 1. The fourth-order valence-corrected chi connectivity index (χ4v) is 2.96. The van der Waals surface area contributed by atoms with Crippen molar-refractivity contribution in [2.45, 2.75) is 31.0 Å². The van der Waals surface area contributed by atoms with Gasteiger partial charge in [0.15, 0.2) is 0 Å². The molecule has 22 heavy (non-hydrogen) atoms. The number of imide groups is 1. The Balaban J connectivity index is 2.10. The molecule has 1 atom stereocenters. The maximum atomic E-state index is 12.0. The number of carbonyl (C=O) groups excluding carboxylic acids is 2. The summed E-state index contributed by atoms with van der Waals surface area (Å²) >= 11 is 1.34. The summed E-state index contributed by atoms with van der Waals surface area (Å²) < 4.78 is 0. The lowest BCUT2D eigenvalue weighted by Gasteiger charge is -2.12. The number of amides is 3. The molecule has 3 amide bonds. The van der Waals surface area contributed by atoms with Crippen molar-refractivity contribution in [1.29, 1.82) is 0 Å². The number of benzene rings is 1. The molecule has 0 bridgehead atoms. The van der Waals surface area contributed by atoms with E-state index in [0.717, 1.165) is 21.5 Å². The van der Waals surface area contributed by atoms with Crippen LogP contribution in [0.5, 0.6) is 0 Å². The molecule has 0 spiro atoms. The molecule has 2 rings (SSSR count). The molecule has 0 saturated carbocycles. The second-order valence-electron chi connectivity index (χ2n) is 4.90. The maximum Gasteiger partial charge on any atom is 0.321 e. The van der Waals surface area contributed by atoms with Crippen LogP contribution in [0.25, 0.3) is 10.9 Å². The SMILES string of the molecule is CCNC(=O)NC(=O)C(C)Sc1cc(C)c2ccccc2n1. The number of para-hydroxylation sites is 1. The Kier molecular flexibility index (Phi) is 5.38. The minimum Gasteiger partial charge on any atom is -0.338 e. The molecule has 5 nitrogen and oxygen atoms in total. The summed E-state index contributed by atoms with van der Waals surface area (Å²) in [6, 6.07) is 9.38. The monoisotopic (exact) mass is 317 g/mol. The summed E-state index contributed by atoms with van der Waals surface area (Å²) in [5.74, 6) is -0.330. The van der Waals surface area contributed by atoms with E-state index in [4.69, 9.17) is 0 Å². The first-order chi connectivity index (χ1) is 10.5. The quantitative estimate of drug-likeness (QED) is 0.851. The molecule has 6 heteroatoms. The summed E-state index contributed by atoms with van der Waals surface area (Å²) in [7, 11) is 0. The number of nitrogens with one attached hydrogen (secondary N) is 2. The molecule has 0 aliphatic carbocycles. The highest BCUT2D eigenvalue weighted by atomic mass is 32.2. The van der Waals surface area contributed by atoms with Crippen molar-refractivity contribution in [3.63, 3.8) is 0 Å². The predicted molar refractivity (Wildman–Crippen MR) is 89.0 cm³/mol. The van der Waals surface area contributed by atoms with Crippen LogP contribution in [0.15, 0.2) is 35.4 Å². The first kappa shape index (κ1) is 16.3. The van der Waals surface area contributed by atoms with Gasteiger partial charge < -0.3 is 5.32 Å². The van der Waals surface area contributed by atoms with Crippen LogP contribution >= 0.6 is 11.8 Å². The molecule has 0 aliphatic rings. The number of hydrogen-bond donors (Lipinski definition) is 2. The highest BCUT2D eigenvalue weighted by molar-refractivity contribution is 8.00. The van der Waals surface area contributed by atoms with Crippen molar-refractivity contribution in [3.05, 3.63) is 35.9 Å². The van der Waals surface area contributed by atoms with Crippen molar-refractivity contribution in [2.24, 2.45) is 0 Å². The first-order valence-corrected chi connectivity index (χ1v) is 8.01. The average Bonchev–Trinajstić information content (AvgIpc) is 2.47. The van der Waals surface area contributed by atoms with Gasteiger partial charge in [0.2, 0.25) is 5.91 Å². The lowest BCUT2D eigenvalue weighted by molar-refractivity contribution is -0.119. The molecule has 0 aliphatic heterocycles. The molecule has 0 radical (unpaired) electrons. The summed E-state index contributed by atoms with van der Waals surface area (Å²) in [5, 5.41) is 6.32. The molecule has 116 valence electrons. The van der Waals surface area contributed by atoms with Gasteiger partial charge in [0.1, 0.15) is 0 Å². The average molecular weight is 317 g/mol. The van der Waals surface area contributed by atoms with Gasteiger partial charge in [-0.2, -0.15) is 0 Å². The van der Waals surface area contributed by atoms with Gasteiger partial charge in [-0.15, -0.1) is 0 Å². The van der Waals surface area contributed by atoms with Crippen LogP contribution in [0.1, 0.15) is 19.4 Å². The zero-order valence-corrected chi connectivity index (χ0v) is 13.7. The Morgan fingerprint density at radius 2 is 2.05 bits per heavy atom. The zero-order valence-electron chi connectivity index (χ0n) is 12.8. The van der Waals surface area contributed by atoms with E-state index in [2.05, 4.69) is 15.6 Å². The number of urea groups is 1. The number of aryl methyl sites for hydroxylation is 1. The van der Waals surface area contributed by atoms with Gasteiger partial charge in [-0.05, 0) is 38.5 Å². The lowest BCUT2D eigenvalue weighted by Crippen LogP contribution is -2.42. The minimum absolute atomic E-state index is 0.330. The summed E-state index contributed by atoms with van der Waals surface area (Å²) in [6.45, 7) is 6.05. The van der Waals surface area contributed by atoms with E-state index in [0.29, 0.717) is 6.54 Å². The van der Waals surface area contributed by atoms with Crippen molar-refractivity contribution in [3.8, 4) is 0 Å². The van der Waals surface area contributed by atoms with Crippen LogP contribution in [0, 0.1) is 6.92 Å². The molecule has 0 saturated heterocycles. The number of rotatable bonds is 4. The van der Waals surface area contributed by atoms with Gasteiger partial charge in [0.05, 0.1) is 15.8 Å². The Morgan fingerprint density at radius 1 is 1.32 bits per heavy atom. The number of pyridine rings is 1. The fourth-order valence-electron chi connectivity index (χ4n) is 2.03. The third-order valence-electron chi connectivity index (χ3n) is 3.14. The molecule has 1 aromatic carbocycles. The smallest absolute Gasteiger partial charge is 0.321 e. The van der Waals surface area contributed by atoms with E-state index in [1.165, 1.54) is 11.8 Å². The van der Waals surface area contributed by atoms with Gasteiger partial charge in [-0.3, -0.25) is 10.1 Å². The Morgan fingerprint density at radius 3 is 2.77 bits per heavy atom. The van der Waals surface area contributed by atoms with Gasteiger partial charge >= 0.3 is 6.03 Å². The normalized spacial score (nSPS) is 12.0. The van der Waals surface area contributed by atoms with Gasteiger partial charge in [-0.1, -0.05) is 30.0 Å². The molecular weight excluding hydrogens is 298 g/mol. The molecule has 1 aromatic heterocycles. The third kappa shape index (κ3) is 3.98. The van der Waals surface area contributed by atoms with E-state index in [9.17, 15) is 9.59 Å². The topological polar surface area (TPSA) is 71.1 Å². The van der Waals surface area contributed by atoms with E-state index >= 15 is 0 Å². The molecule has 2 N–H and O–H groups in total. The highest BCUT2D eigenvalue weighted by Gasteiger charge is 2.17. The summed E-state index contributed by atoms with van der Waals surface area (Å²) in [6.07, 6.45) is 0. The van der Waals surface area contributed by atoms with Crippen LogP contribution in [0.3, 0.4) is 0 Å². The van der Waals surface area contributed by atoms with Crippen molar-refractivity contribution >= 4 is 34.6 Å². The van der Waals surface area contributed by atoms with Gasteiger partial charge in [-0.25, -0.2) is 9.78 Å². The molecule has 0 fully saturated rings. The van der Waals surface area contributed by atoms with Crippen LogP contribution in [-0.4, -0.2) is 28.7 Å². The Hall–Kier alpha value is -2.08. The fraction of sp³-hybridized carbons (Fsp3) is 0.312. The minimum atomic E-state index is -0.470. The number of hydrogen-bond acceptors (Lipinski definition) is 4. The first-order valence-electron chi connectivity index (χ1n) is 7.13. The van der Waals surface area contributed by atoms with E-state index < -0.39 is 11.3 Å². The van der Waals surface area contributed by atoms with Crippen LogP contribution < -0.4 is 10.6 Å². The number of thioether (sulfide) groups is 1. The van der Waals surface area contributed by atoms with E-state index in [-0.39, 0.29) is 5.91 Å². The Labute approximate surface area is 133 Å². The van der Waals surface area contributed by atoms with Gasteiger partial charge in [0, 0.05) is 11.9 Å². The maximum absolute atomic E-state index is 12.0. The van der Waals surface area contributed by atoms with Crippen LogP contribution in [0.2, 0.25) is 0 Å². The van der Waals surface area contributed by atoms with Crippen molar-refractivity contribution < 1.29 is 9.59 Å². The summed E-state index contributed by atoms with van der Waals surface area (Å²) in [4.78, 5) is 27.9. The number of nitrogens with zero attached hydrogens (tertiary/aromatic N) is 1. The van der Waals surface area contributed by atoms with Crippen molar-refractivity contribution in [1.82, 2.24) is 15.6 Å². The zero-order chi connectivity index (χ0) is 16.1. The second kappa shape index (κ2) is 7.26. The molecule has 1 unspecified atom stereocenters. The third-order valence-corrected chi connectivity index (χ3v) is 4.16. The number of aromatic nitrogens is 1. The molecule has 2 aromatic rings. The largest absolute Gasteiger partial charge is 0.338 e. The van der Waals surface area contributed by atoms with E-state index in [1.54, 1.807) is 13.8 Å². The lowest BCUT2D eigenvalue weighted by atomic mass is 10.1. The Bertz CT molecular complexity index is 703. The second-order valence-corrected chi connectivity index (χ2v) is 6.26. The molecular formula is C16H19N3O2S. The van der Waals surface area contributed by atoms with Gasteiger partial charge in [0.25, 0.3) is 0 Å². The van der Waals surface area contributed by atoms with E-state index in [1.807, 2.05) is 37.3 Å².